The van der Waals surface area contributed by atoms with E-state index in [2.05, 4.69) is 11.1 Å². The van der Waals surface area contributed by atoms with Crippen LogP contribution in [0.2, 0.25) is 0 Å². The fourth-order valence-corrected chi connectivity index (χ4v) is 9.95. The predicted molar refractivity (Wildman–Crippen MR) is 201 cm³/mol. The van der Waals surface area contributed by atoms with Gasteiger partial charge < -0.3 is 24.7 Å². The van der Waals surface area contributed by atoms with Gasteiger partial charge in [-0.3, -0.25) is 4.57 Å². The quantitative estimate of drug-likeness (QED) is 0.0985. The first-order valence-corrected chi connectivity index (χ1v) is 19.2. The summed E-state index contributed by atoms with van der Waals surface area (Å²) in [4.78, 5) is 29.3. The van der Waals surface area contributed by atoms with Crippen LogP contribution in [0.15, 0.2) is 95.9 Å². The molecule has 0 aliphatic carbocycles. The molecule has 0 spiro atoms. The SMILES string of the molecule is COc1ccc(C(OC[C@H]2O[C@@H](n3ccc(N)nc3=O)C[C@@H]2O[P+](O)(CCC#N)N(C(C)C)C(C)C)(c2ccccc2)c2ccc(OC)cc2)cc1. The van der Waals surface area contributed by atoms with Crippen LogP contribution >= 0.6 is 7.87 Å². The molecule has 4 aromatic rings. The van der Waals surface area contributed by atoms with E-state index >= 15 is 0 Å². The lowest BCUT2D eigenvalue weighted by atomic mass is 9.80. The molecular formula is C39H49N5O7P+. The molecule has 0 saturated carbocycles. The third-order valence-electron chi connectivity index (χ3n) is 9.22. The summed E-state index contributed by atoms with van der Waals surface area (Å²) in [7, 11) is -0.124. The number of nitrogens with zero attached hydrogens (tertiary/aromatic N) is 4. The molecule has 2 heterocycles. The smallest absolute Gasteiger partial charge is 0.351 e. The van der Waals surface area contributed by atoms with Crippen LogP contribution < -0.4 is 20.9 Å². The third kappa shape index (κ3) is 8.31. The Morgan fingerprint density at radius 1 is 0.962 bits per heavy atom. The zero-order valence-electron chi connectivity index (χ0n) is 30.6. The van der Waals surface area contributed by atoms with Crippen LogP contribution in [0.25, 0.3) is 0 Å². The van der Waals surface area contributed by atoms with Crippen LogP contribution in [0.4, 0.5) is 5.82 Å². The summed E-state index contributed by atoms with van der Waals surface area (Å²) in [6.07, 6.45) is -0.278. The topological polar surface area (TPSA) is 154 Å². The highest BCUT2D eigenvalue weighted by Crippen LogP contribution is 2.63. The number of ether oxygens (including phenoxy) is 4. The Labute approximate surface area is 306 Å². The van der Waals surface area contributed by atoms with E-state index < -0.39 is 37.6 Å². The number of aromatic nitrogens is 2. The lowest BCUT2D eigenvalue weighted by Gasteiger charge is -2.38. The minimum Gasteiger partial charge on any atom is -0.497 e. The van der Waals surface area contributed by atoms with E-state index in [1.165, 1.54) is 10.6 Å². The van der Waals surface area contributed by atoms with Gasteiger partial charge in [0.1, 0.15) is 47.5 Å². The number of hydrogen-bond donors (Lipinski definition) is 2. The van der Waals surface area contributed by atoms with Crippen molar-refractivity contribution in [1.29, 1.82) is 5.26 Å². The Hall–Kier alpha value is -4.34. The van der Waals surface area contributed by atoms with Crippen molar-refractivity contribution in [3.05, 3.63) is 118 Å². The number of nitriles is 1. The molecule has 1 fully saturated rings. The van der Waals surface area contributed by atoms with Crippen LogP contribution in [-0.4, -0.2) is 70.4 Å². The zero-order valence-corrected chi connectivity index (χ0v) is 31.5. The summed E-state index contributed by atoms with van der Waals surface area (Å²) < 4.78 is 34.9. The molecule has 1 saturated heterocycles. The standard InChI is InChI=1S/C39H48N5O7P/c1-27(2)44(28(3)4)52(46,24-10-22-40)51-34-25-37(43-23-21-36(41)42-38(43)45)50-35(34)26-49-39(29-11-8-7-9-12-29,30-13-17-32(47-5)18-14-30)31-15-19-33(48-6)20-16-31/h7-9,11-21,23,27-28,34-35,37,46H,10,24-26H2,1-6H3,(H-,41,42,45)/p+1/t34-,35+,37+,52?/m0/s1. The average molecular weight is 731 g/mol. The highest BCUT2D eigenvalue weighted by molar-refractivity contribution is 7.63. The van der Waals surface area contributed by atoms with Crippen LogP contribution in [0.3, 0.4) is 0 Å². The zero-order chi connectivity index (χ0) is 37.5. The number of methoxy groups -OCH3 is 2. The Morgan fingerprint density at radius 3 is 2.02 bits per heavy atom. The van der Waals surface area contributed by atoms with Gasteiger partial charge in [-0.05, 0) is 74.7 Å². The highest BCUT2D eigenvalue weighted by atomic mass is 31.2. The second kappa shape index (κ2) is 17.0. The van der Waals surface area contributed by atoms with E-state index in [0.717, 1.165) is 16.7 Å². The normalized spacial score (nSPS) is 18.8. The van der Waals surface area contributed by atoms with Gasteiger partial charge in [0.05, 0.1) is 33.3 Å². The number of hydrogen-bond acceptors (Lipinski definition) is 11. The van der Waals surface area contributed by atoms with Gasteiger partial charge in [-0.2, -0.15) is 14.8 Å². The van der Waals surface area contributed by atoms with Gasteiger partial charge in [-0.1, -0.05) is 54.6 Å². The maximum absolute atomic E-state index is 13.0. The predicted octanol–water partition coefficient (Wildman–Crippen LogP) is 6.31. The molecule has 4 atom stereocenters. The molecular weight excluding hydrogens is 681 g/mol. The summed E-state index contributed by atoms with van der Waals surface area (Å²) in [5.74, 6) is 1.48. The van der Waals surface area contributed by atoms with Crippen molar-refractivity contribution in [2.75, 3.05) is 32.7 Å². The average Bonchev–Trinajstić information content (AvgIpc) is 3.52. The number of nitrogen functional groups attached to an aromatic ring is 1. The van der Waals surface area contributed by atoms with Gasteiger partial charge >= 0.3 is 13.6 Å². The minimum atomic E-state index is -3.36. The Bertz CT molecular complexity index is 1790. The van der Waals surface area contributed by atoms with E-state index in [1.807, 2.05) is 111 Å². The number of anilines is 1. The Balaban J connectivity index is 1.62. The molecule has 0 radical (unpaired) electrons. The van der Waals surface area contributed by atoms with Crippen LogP contribution in [0.1, 0.15) is 63.5 Å². The monoisotopic (exact) mass is 730 g/mol. The van der Waals surface area contributed by atoms with E-state index in [1.54, 1.807) is 20.4 Å². The second-order valence-corrected chi connectivity index (χ2v) is 15.7. The van der Waals surface area contributed by atoms with Gasteiger partial charge in [-0.25, -0.2) is 9.69 Å². The number of benzene rings is 3. The van der Waals surface area contributed by atoms with E-state index in [4.69, 9.17) is 29.2 Å². The molecule has 1 aliphatic rings. The Kier molecular flexibility index (Phi) is 12.7. The summed E-state index contributed by atoms with van der Waals surface area (Å²) in [6.45, 7) is 7.96. The molecule has 1 aromatic heterocycles. The molecule has 3 aromatic carbocycles. The minimum absolute atomic E-state index is 0.00707. The third-order valence-corrected chi connectivity index (χ3v) is 12.3. The molecule has 12 nitrogen and oxygen atoms in total. The molecule has 0 amide bonds. The van der Waals surface area contributed by atoms with E-state index in [-0.39, 0.29) is 43.5 Å². The molecule has 5 rings (SSSR count). The van der Waals surface area contributed by atoms with Gasteiger partial charge in [0.25, 0.3) is 0 Å². The molecule has 13 heteroatoms. The van der Waals surface area contributed by atoms with Gasteiger partial charge in [-0.15, -0.1) is 4.67 Å². The maximum Gasteiger partial charge on any atom is 0.351 e. The molecule has 1 unspecified atom stereocenters. The van der Waals surface area contributed by atoms with Crippen LogP contribution in [-0.2, 0) is 19.6 Å². The molecule has 52 heavy (non-hydrogen) atoms. The fourth-order valence-electron chi connectivity index (χ4n) is 7.01. The van der Waals surface area contributed by atoms with Crippen molar-refractivity contribution < 1.29 is 28.4 Å². The number of rotatable bonds is 16. The summed E-state index contributed by atoms with van der Waals surface area (Å²) >= 11 is 0. The maximum atomic E-state index is 13.0. The van der Waals surface area contributed by atoms with Crippen LogP contribution in [0, 0.1) is 11.3 Å². The molecule has 1 aliphatic heterocycles. The lowest BCUT2D eigenvalue weighted by molar-refractivity contribution is -0.0928. The molecule has 0 bridgehead atoms. The summed E-state index contributed by atoms with van der Waals surface area (Å²) in [5, 5.41) is 9.58. The van der Waals surface area contributed by atoms with E-state index in [9.17, 15) is 14.9 Å². The largest absolute Gasteiger partial charge is 0.497 e. The van der Waals surface area contributed by atoms with Crippen molar-refractivity contribution in [2.45, 2.75) is 76.7 Å². The van der Waals surface area contributed by atoms with Gasteiger partial charge in [0, 0.05) is 24.7 Å². The second-order valence-electron chi connectivity index (χ2n) is 13.2. The van der Waals surface area contributed by atoms with Crippen molar-refractivity contribution in [3.63, 3.8) is 0 Å². The van der Waals surface area contributed by atoms with Crippen molar-refractivity contribution in [3.8, 4) is 17.6 Å². The summed E-state index contributed by atoms with van der Waals surface area (Å²) in [6, 6.07) is 28.9. The van der Waals surface area contributed by atoms with Gasteiger partial charge in [0.15, 0.2) is 0 Å². The first-order valence-electron chi connectivity index (χ1n) is 17.4. The lowest BCUT2D eigenvalue weighted by Crippen LogP contribution is -2.42. The van der Waals surface area contributed by atoms with Crippen LogP contribution in [0.5, 0.6) is 11.5 Å². The first kappa shape index (κ1) is 38.9. The Morgan fingerprint density at radius 2 is 1.52 bits per heavy atom. The fraction of sp³-hybridized carbons (Fsp3) is 0.410. The van der Waals surface area contributed by atoms with Crippen molar-refractivity contribution >= 4 is 13.7 Å². The highest BCUT2D eigenvalue weighted by Gasteiger charge is 2.54. The summed E-state index contributed by atoms with van der Waals surface area (Å²) in [5.41, 5.74) is 6.62. The van der Waals surface area contributed by atoms with Gasteiger partial charge in [0.2, 0.25) is 0 Å². The molecule has 276 valence electrons. The molecule has 3 N–H and O–H groups in total. The van der Waals surface area contributed by atoms with Crippen molar-refractivity contribution in [1.82, 2.24) is 14.2 Å². The first-order chi connectivity index (χ1) is 24.9. The van der Waals surface area contributed by atoms with E-state index in [0.29, 0.717) is 11.5 Å². The van der Waals surface area contributed by atoms with Crippen molar-refractivity contribution in [2.24, 2.45) is 0 Å². The number of nitrogens with two attached hydrogens (primary N) is 1.